The zero-order valence-corrected chi connectivity index (χ0v) is 9.89. The molecular formula is C13H11FN2O3. The number of halogens is 1. The highest BCUT2D eigenvalue weighted by atomic mass is 19.1. The molecule has 19 heavy (non-hydrogen) atoms. The Kier molecular flexibility index (Phi) is 3.70. The predicted molar refractivity (Wildman–Crippen MR) is 65.6 cm³/mol. The van der Waals surface area contributed by atoms with Gasteiger partial charge in [0.05, 0.1) is 0 Å². The van der Waals surface area contributed by atoms with Crippen LogP contribution in [0.5, 0.6) is 0 Å². The van der Waals surface area contributed by atoms with E-state index in [1.54, 1.807) is 12.1 Å². The summed E-state index contributed by atoms with van der Waals surface area (Å²) in [6, 6.07) is 6.14. The van der Waals surface area contributed by atoms with Crippen molar-refractivity contribution in [2.45, 2.75) is 12.8 Å². The van der Waals surface area contributed by atoms with E-state index in [4.69, 9.17) is 5.11 Å². The molecule has 2 N–H and O–H groups in total. The van der Waals surface area contributed by atoms with Gasteiger partial charge in [0, 0.05) is 12.6 Å². The Labute approximate surface area is 107 Å². The fourth-order valence-electron chi connectivity index (χ4n) is 1.67. The average molecular weight is 262 g/mol. The Morgan fingerprint density at radius 3 is 2.79 bits per heavy atom. The zero-order chi connectivity index (χ0) is 13.8. The van der Waals surface area contributed by atoms with Crippen LogP contribution >= 0.6 is 0 Å². The molecule has 5 nitrogen and oxygen atoms in total. The number of nitrogens with one attached hydrogen (secondary N) is 1. The number of aromatic amines is 1. The number of hydrogen-bond donors (Lipinski definition) is 2. The number of H-pyrrole nitrogens is 1. The van der Waals surface area contributed by atoms with Gasteiger partial charge in [-0.1, -0.05) is 12.1 Å². The van der Waals surface area contributed by atoms with Crippen molar-refractivity contribution in [3.05, 3.63) is 63.6 Å². The number of carboxylic acids is 1. The molecule has 6 heteroatoms. The minimum atomic E-state index is -1.31. The SMILES string of the molecule is O=C(O)c1cnc(CCc2cccc(F)c2)[nH]c1=O. The molecule has 2 aromatic rings. The third kappa shape index (κ3) is 3.25. The van der Waals surface area contributed by atoms with Crippen molar-refractivity contribution in [3.8, 4) is 0 Å². The fourth-order valence-corrected chi connectivity index (χ4v) is 1.67. The van der Waals surface area contributed by atoms with Gasteiger partial charge in [-0.3, -0.25) is 4.79 Å². The van der Waals surface area contributed by atoms with Crippen molar-refractivity contribution in [2.75, 3.05) is 0 Å². The van der Waals surface area contributed by atoms with Crippen molar-refractivity contribution in [1.82, 2.24) is 9.97 Å². The lowest BCUT2D eigenvalue weighted by Gasteiger charge is -2.02. The van der Waals surface area contributed by atoms with Crippen molar-refractivity contribution >= 4 is 5.97 Å². The number of carboxylic acid groups (broad SMARTS) is 1. The highest BCUT2D eigenvalue weighted by molar-refractivity contribution is 5.86. The normalized spacial score (nSPS) is 10.4. The van der Waals surface area contributed by atoms with Gasteiger partial charge in [-0.2, -0.15) is 0 Å². The van der Waals surface area contributed by atoms with Crippen LogP contribution in [-0.4, -0.2) is 21.0 Å². The smallest absolute Gasteiger partial charge is 0.342 e. The maximum absolute atomic E-state index is 13.0. The topological polar surface area (TPSA) is 83.0 Å². The molecule has 1 aromatic carbocycles. The van der Waals surface area contributed by atoms with Crippen LogP contribution in [0.4, 0.5) is 4.39 Å². The number of hydrogen-bond acceptors (Lipinski definition) is 3. The minimum Gasteiger partial charge on any atom is -0.477 e. The second-order valence-electron chi connectivity index (χ2n) is 4.01. The molecule has 0 saturated carbocycles. The molecule has 0 bridgehead atoms. The number of rotatable bonds is 4. The van der Waals surface area contributed by atoms with E-state index in [2.05, 4.69) is 9.97 Å². The number of aromatic nitrogens is 2. The lowest BCUT2D eigenvalue weighted by Crippen LogP contribution is -2.20. The highest BCUT2D eigenvalue weighted by Gasteiger charge is 2.09. The van der Waals surface area contributed by atoms with Gasteiger partial charge >= 0.3 is 5.97 Å². The molecule has 0 fully saturated rings. The summed E-state index contributed by atoms with van der Waals surface area (Å²) in [5, 5.41) is 8.69. The first-order valence-corrected chi connectivity index (χ1v) is 5.62. The molecule has 0 amide bonds. The lowest BCUT2D eigenvalue weighted by molar-refractivity contribution is 0.0694. The Balaban J connectivity index is 2.10. The van der Waals surface area contributed by atoms with E-state index in [1.807, 2.05) is 0 Å². The number of aryl methyl sites for hydroxylation is 2. The maximum Gasteiger partial charge on any atom is 0.342 e. The summed E-state index contributed by atoms with van der Waals surface area (Å²) in [6.45, 7) is 0. The molecule has 0 atom stereocenters. The van der Waals surface area contributed by atoms with Crippen LogP contribution in [0.15, 0.2) is 35.3 Å². The van der Waals surface area contributed by atoms with Gasteiger partial charge in [0.25, 0.3) is 5.56 Å². The van der Waals surface area contributed by atoms with Crippen LogP contribution < -0.4 is 5.56 Å². The van der Waals surface area contributed by atoms with Gasteiger partial charge in [-0.05, 0) is 24.1 Å². The Bertz CT molecular complexity index is 667. The summed E-state index contributed by atoms with van der Waals surface area (Å²) in [7, 11) is 0. The summed E-state index contributed by atoms with van der Waals surface area (Å²) in [6.07, 6.45) is 1.94. The third-order valence-electron chi connectivity index (χ3n) is 2.62. The first-order valence-electron chi connectivity index (χ1n) is 5.62. The number of nitrogens with zero attached hydrogens (tertiary/aromatic N) is 1. The summed E-state index contributed by atoms with van der Waals surface area (Å²) in [5.41, 5.74) is -0.295. The molecule has 0 aliphatic heterocycles. The molecule has 0 spiro atoms. The Hall–Kier alpha value is -2.50. The van der Waals surface area contributed by atoms with Crippen LogP contribution in [0.1, 0.15) is 21.7 Å². The standard InChI is InChI=1S/C13H11FN2O3/c14-9-3-1-2-8(6-9)4-5-11-15-7-10(13(18)19)12(17)16-11/h1-3,6-7H,4-5H2,(H,18,19)(H,15,16,17). The van der Waals surface area contributed by atoms with Gasteiger partial charge < -0.3 is 10.1 Å². The monoisotopic (exact) mass is 262 g/mol. The van der Waals surface area contributed by atoms with E-state index >= 15 is 0 Å². The van der Waals surface area contributed by atoms with E-state index in [9.17, 15) is 14.0 Å². The van der Waals surface area contributed by atoms with E-state index in [-0.39, 0.29) is 5.82 Å². The zero-order valence-electron chi connectivity index (χ0n) is 9.89. The van der Waals surface area contributed by atoms with Gasteiger partial charge in [0.15, 0.2) is 0 Å². The van der Waals surface area contributed by atoms with E-state index in [1.165, 1.54) is 12.1 Å². The molecule has 1 aromatic heterocycles. The van der Waals surface area contributed by atoms with Gasteiger partial charge in [-0.25, -0.2) is 14.2 Å². The number of aromatic carboxylic acids is 1. The van der Waals surface area contributed by atoms with Crippen LogP contribution in [0.3, 0.4) is 0 Å². The maximum atomic E-state index is 13.0. The summed E-state index contributed by atoms with van der Waals surface area (Å²) in [5.74, 6) is -1.26. The predicted octanol–water partition coefficient (Wildman–Crippen LogP) is 1.39. The first-order chi connectivity index (χ1) is 9.06. The second-order valence-corrected chi connectivity index (χ2v) is 4.01. The molecule has 2 rings (SSSR count). The van der Waals surface area contributed by atoms with Crippen molar-refractivity contribution in [3.63, 3.8) is 0 Å². The van der Waals surface area contributed by atoms with Gasteiger partial charge in [0.2, 0.25) is 0 Å². The molecule has 0 aliphatic rings. The molecule has 98 valence electrons. The van der Waals surface area contributed by atoms with Crippen molar-refractivity contribution < 1.29 is 14.3 Å². The summed E-state index contributed by atoms with van der Waals surface area (Å²) >= 11 is 0. The van der Waals surface area contributed by atoms with Crippen LogP contribution in [0.25, 0.3) is 0 Å². The van der Waals surface area contributed by atoms with Crippen LogP contribution in [-0.2, 0) is 12.8 Å². The van der Waals surface area contributed by atoms with Gasteiger partial charge in [-0.15, -0.1) is 0 Å². The van der Waals surface area contributed by atoms with E-state index in [0.29, 0.717) is 18.7 Å². The second kappa shape index (κ2) is 5.43. The van der Waals surface area contributed by atoms with E-state index < -0.39 is 17.1 Å². The lowest BCUT2D eigenvalue weighted by atomic mass is 10.1. The molecular weight excluding hydrogens is 251 g/mol. The quantitative estimate of drug-likeness (QED) is 0.872. The molecule has 0 radical (unpaired) electrons. The first kappa shape index (κ1) is 12.9. The molecule has 0 unspecified atom stereocenters. The van der Waals surface area contributed by atoms with Crippen molar-refractivity contribution in [1.29, 1.82) is 0 Å². The highest BCUT2D eigenvalue weighted by Crippen LogP contribution is 2.06. The van der Waals surface area contributed by atoms with Crippen molar-refractivity contribution in [2.24, 2.45) is 0 Å². The third-order valence-corrected chi connectivity index (χ3v) is 2.62. The Morgan fingerprint density at radius 2 is 2.16 bits per heavy atom. The van der Waals surface area contributed by atoms with E-state index in [0.717, 1.165) is 11.8 Å². The largest absolute Gasteiger partial charge is 0.477 e. The van der Waals surface area contributed by atoms with Crippen LogP contribution in [0.2, 0.25) is 0 Å². The molecule has 0 saturated heterocycles. The summed E-state index contributed by atoms with van der Waals surface area (Å²) < 4.78 is 13.0. The number of benzene rings is 1. The summed E-state index contributed by atoms with van der Waals surface area (Å²) in [4.78, 5) is 28.3. The molecule has 0 aliphatic carbocycles. The molecule has 1 heterocycles. The van der Waals surface area contributed by atoms with Gasteiger partial charge in [0.1, 0.15) is 17.2 Å². The Morgan fingerprint density at radius 1 is 1.37 bits per heavy atom. The van der Waals surface area contributed by atoms with Crippen LogP contribution in [0, 0.1) is 5.82 Å². The average Bonchev–Trinajstić information content (AvgIpc) is 2.36. The fraction of sp³-hybridized carbons (Fsp3) is 0.154. The number of carbonyl (C=O) groups is 1. The minimum absolute atomic E-state index is 0.319.